The van der Waals surface area contributed by atoms with E-state index >= 15 is 0 Å². The lowest BCUT2D eigenvalue weighted by molar-refractivity contribution is -0.138. The molecule has 142 valence electrons. The molecule has 0 unspecified atom stereocenters. The number of anilines is 1. The van der Waals surface area contributed by atoms with Gasteiger partial charge in [-0.05, 0) is 61.2 Å². The first-order chi connectivity index (χ1) is 12.8. The smallest absolute Gasteiger partial charge is 0.243 e. The normalized spacial score (nSPS) is 15.5. The van der Waals surface area contributed by atoms with Gasteiger partial charge in [0.25, 0.3) is 0 Å². The number of benzene rings is 2. The van der Waals surface area contributed by atoms with Gasteiger partial charge in [-0.15, -0.1) is 0 Å². The number of hydrogen-bond acceptors (Lipinski definition) is 3. The van der Waals surface area contributed by atoms with E-state index in [0.29, 0.717) is 18.1 Å². The van der Waals surface area contributed by atoms with Gasteiger partial charge < -0.3 is 15.0 Å². The molecule has 1 atom stereocenters. The molecule has 1 aliphatic rings. The predicted molar refractivity (Wildman–Crippen MR) is 106 cm³/mol. The first-order valence-electron chi connectivity index (χ1n) is 8.87. The van der Waals surface area contributed by atoms with E-state index in [9.17, 15) is 9.59 Å². The molecular formula is C21H23ClN2O3. The van der Waals surface area contributed by atoms with Crippen LogP contribution in [-0.2, 0) is 16.0 Å². The van der Waals surface area contributed by atoms with Crippen LogP contribution >= 0.6 is 11.6 Å². The molecule has 0 saturated heterocycles. The number of carbonyl (C=O) groups excluding carboxylic acids is 2. The third kappa shape index (κ3) is 4.61. The number of hydrogen-bond donors (Lipinski definition) is 1. The molecule has 1 aliphatic heterocycles. The van der Waals surface area contributed by atoms with E-state index in [-0.39, 0.29) is 24.3 Å². The zero-order chi connectivity index (χ0) is 19.6. The van der Waals surface area contributed by atoms with Crippen LogP contribution < -0.4 is 10.1 Å². The maximum Gasteiger partial charge on any atom is 0.243 e. The topological polar surface area (TPSA) is 58.6 Å². The van der Waals surface area contributed by atoms with Crippen molar-refractivity contribution in [2.24, 2.45) is 5.92 Å². The van der Waals surface area contributed by atoms with Crippen molar-refractivity contribution in [2.75, 3.05) is 25.5 Å². The summed E-state index contributed by atoms with van der Waals surface area (Å²) in [5, 5.41) is 3.50. The number of nitrogens with zero attached hydrogens (tertiary/aromatic N) is 1. The molecule has 3 rings (SSSR count). The molecule has 0 bridgehead atoms. The maximum absolute atomic E-state index is 12.7. The monoisotopic (exact) mass is 386 g/mol. The molecule has 2 aromatic rings. The van der Waals surface area contributed by atoms with Crippen LogP contribution in [0.3, 0.4) is 0 Å². The summed E-state index contributed by atoms with van der Waals surface area (Å²) in [5.41, 5.74) is 3.74. The molecule has 27 heavy (non-hydrogen) atoms. The van der Waals surface area contributed by atoms with Crippen molar-refractivity contribution in [1.82, 2.24) is 4.90 Å². The summed E-state index contributed by atoms with van der Waals surface area (Å²) < 4.78 is 5.69. The lowest BCUT2D eigenvalue weighted by Gasteiger charge is -2.28. The van der Waals surface area contributed by atoms with E-state index in [1.54, 1.807) is 13.1 Å². The molecule has 2 amide bonds. The summed E-state index contributed by atoms with van der Waals surface area (Å²) in [4.78, 5) is 26.5. The molecule has 0 saturated carbocycles. The molecule has 1 heterocycles. The molecule has 5 nitrogen and oxygen atoms in total. The van der Waals surface area contributed by atoms with Gasteiger partial charge in [0.05, 0.1) is 12.5 Å². The van der Waals surface area contributed by atoms with Crippen LogP contribution in [0, 0.1) is 19.8 Å². The average Bonchev–Trinajstić information content (AvgIpc) is 2.63. The van der Waals surface area contributed by atoms with E-state index in [2.05, 4.69) is 5.32 Å². The minimum absolute atomic E-state index is 0.00881. The third-order valence-electron chi connectivity index (χ3n) is 4.70. The number of rotatable bonds is 4. The van der Waals surface area contributed by atoms with Crippen molar-refractivity contribution in [3.8, 4) is 5.75 Å². The van der Waals surface area contributed by atoms with Crippen LogP contribution in [0.2, 0.25) is 5.02 Å². The number of carbonyl (C=O) groups is 2. The number of fused-ring (bicyclic) bond motifs is 1. The van der Waals surface area contributed by atoms with Crippen molar-refractivity contribution in [3.63, 3.8) is 0 Å². The van der Waals surface area contributed by atoms with Crippen LogP contribution in [0.4, 0.5) is 5.69 Å². The highest BCUT2D eigenvalue weighted by Gasteiger charge is 2.29. The Morgan fingerprint density at radius 2 is 2.00 bits per heavy atom. The van der Waals surface area contributed by atoms with Crippen molar-refractivity contribution < 1.29 is 14.3 Å². The molecule has 6 heteroatoms. The number of nitrogens with one attached hydrogen (secondary N) is 1. The van der Waals surface area contributed by atoms with Gasteiger partial charge in [-0.1, -0.05) is 23.7 Å². The summed E-state index contributed by atoms with van der Waals surface area (Å²) in [6.07, 6.45) is 0.553. The molecule has 0 aromatic heterocycles. The van der Waals surface area contributed by atoms with Gasteiger partial charge in [0.15, 0.2) is 0 Å². The van der Waals surface area contributed by atoms with E-state index in [4.69, 9.17) is 16.3 Å². The van der Waals surface area contributed by atoms with Gasteiger partial charge >= 0.3 is 0 Å². The fraction of sp³-hybridized carbons (Fsp3) is 0.333. The second kappa shape index (κ2) is 8.01. The molecule has 1 N–H and O–H groups in total. The van der Waals surface area contributed by atoms with Crippen LogP contribution in [0.15, 0.2) is 36.4 Å². The summed E-state index contributed by atoms with van der Waals surface area (Å²) in [7, 11) is 1.64. The number of aryl methyl sites for hydroxylation is 2. The average molecular weight is 387 g/mol. The van der Waals surface area contributed by atoms with Crippen molar-refractivity contribution in [1.29, 1.82) is 0 Å². The number of halogens is 1. The van der Waals surface area contributed by atoms with Gasteiger partial charge in [0.1, 0.15) is 12.4 Å². The van der Waals surface area contributed by atoms with Crippen molar-refractivity contribution >= 4 is 29.1 Å². The minimum atomic E-state index is -0.325. The molecular weight excluding hydrogens is 364 g/mol. The van der Waals surface area contributed by atoms with Crippen LogP contribution in [0.1, 0.15) is 16.7 Å². The maximum atomic E-state index is 12.7. The van der Waals surface area contributed by atoms with Gasteiger partial charge in [0.2, 0.25) is 11.8 Å². The summed E-state index contributed by atoms with van der Waals surface area (Å²) >= 11 is 6.03. The Balaban J connectivity index is 1.60. The number of amides is 2. The highest BCUT2D eigenvalue weighted by molar-refractivity contribution is 6.30. The first kappa shape index (κ1) is 19.2. The van der Waals surface area contributed by atoms with Gasteiger partial charge in [-0.25, -0.2) is 0 Å². The Kier molecular flexibility index (Phi) is 5.71. The molecule has 0 spiro atoms. The molecule has 0 fully saturated rings. The van der Waals surface area contributed by atoms with E-state index in [1.165, 1.54) is 4.90 Å². The fourth-order valence-electron chi connectivity index (χ4n) is 3.19. The quantitative estimate of drug-likeness (QED) is 0.873. The summed E-state index contributed by atoms with van der Waals surface area (Å²) in [6, 6.07) is 11.3. The van der Waals surface area contributed by atoms with Crippen molar-refractivity contribution in [2.45, 2.75) is 20.3 Å². The lowest BCUT2D eigenvalue weighted by Crippen LogP contribution is -2.42. The molecule has 2 aromatic carbocycles. The second-order valence-corrected chi connectivity index (χ2v) is 7.46. The zero-order valence-corrected chi connectivity index (χ0v) is 16.5. The highest BCUT2D eigenvalue weighted by Crippen LogP contribution is 2.30. The predicted octanol–water partition coefficient (Wildman–Crippen LogP) is 3.61. The number of ether oxygens (including phenoxy) is 1. The van der Waals surface area contributed by atoms with E-state index in [1.807, 2.05) is 44.2 Å². The fourth-order valence-corrected chi connectivity index (χ4v) is 3.38. The lowest BCUT2D eigenvalue weighted by atomic mass is 9.95. The highest BCUT2D eigenvalue weighted by atomic mass is 35.5. The van der Waals surface area contributed by atoms with Gasteiger partial charge in [0, 0.05) is 17.8 Å². The largest absolute Gasteiger partial charge is 0.492 e. The van der Waals surface area contributed by atoms with E-state index < -0.39 is 0 Å². The second-order valence-electron chi connectivity index (χ2n) is 7.02. The zero-order valence-electron chi connectivity index (χ0n) is 15.7. The summed E-state index contributed by atoms with van der Waals surface area (Å²) in [6.45, 7) is 4.20. The minimum Gasteiger partial charge on any atom is -0.492 e. The molecule has 0 radical (unpaired) electrons. The van der Waals surface area contributed by atoms with Crippen LogP contribution in [-0.4, -0.2) is 36.9 Å². The van der Waals surface area contributed by atoms with Gasteiger partial charge in [-0.2, -0.15) is 0 Å². The standard InChI is InChI=1S/C21H23ClN2O3/c1-13-4-5-14(2)18(8-13)23-20(25)11-24(3)21(26)16-9-15-10-17(22)6-7-19(15)27-12-16/h4-8,10,16H,9,11-12H2,1-3H3,(H,23,25)/t16-/m1/s1. The van der Waals surface area contributed by atoms with E-state index in [0.717, 1.165) is 28.1 Å². The van der Waals surface area contributed by atoms with Crippen LogP contribution in [0.5, 0.6) is 5.75 Å². The van der Waals surface area contributed by atoms with Gasteiger partial charge in [-0.3, -0.25) is 9.59 Å². The summed E-state index contributed by atoms with van der Waals surface area (Å²) in [5.74, 6) is 0.102. The Morgan fingerprint density at radius 1 is 1.22 bits per heavy atom. The Bertz CT molecular complexity index is 882. The third-order valence-corrected chi connectivity index (χ3v) is 4.94. The Labute approximate surface area is 164 Å². The number of likely N-dealkylation sites (N-methyl/N-ethyl adjacent to an activating group) is 1. The Hall–Kier alpha value is -2.53. The molecule has 0 aliphatic carbocycles. The van der Waals surface area contributed by atoms with Crippen molar-refractivity contribution in [3.05, 3.63) is 58.1 Å². The first-order valence-corrected chi connectivity index (χ1v) is 9.24. The van der Waals surface area contributed by atoms with Crippen LogP contribution in [0.25, 0.3) is 0 Å². The SMILES string of the molecule is Cc1ccc(C)c(NC(=O)CN(C)C(=O)[C@H]2COc3ccc(Cl)cc3C2)c1. The Morgan fingerprint density at radius 3 is 2.78 bits per heavy atom.